The fourth-order valence-electron chi connectivity index (χ4n) is 1.55. The number of carboxylic acids is 1. The van der Waals surface area contributed by atoms with Gasteiger partial charge in [0.2, 0.25) is 0 Å². The number of carboxylic acid groups (broad SMARTS) is 1. The largest absolute Gasteiger partial charge is 0.478 e. The number of halogens is 2. The molecule has 78 valence electrons. The maximum Gasteiger partial charge on any atom is 0.336 e. The molecule has 0 aliphatic carbocycles. The highest BCUT2D eigenvalue weighted by Gasteiger charge is 2.12. The Morgan fingerprint density at radius 2 is 2.07 bits per heavy atom. The summed E-state index contributed by atoms with van der Waals surface area (Å²) in [6.07, 6.45) is 1.67. The van der Waals surface area contributed by atoms with E-state index in [9.17, 15) is 4.79 Å². The minimum absolute atomic E-state index is 0.250. The van der Waals surface area contributed by atoms with Gasteiger partial charge in [-0.3, -0.25) is 0 Å². The topological polar surface area (TPSA) is 42.2 Å². The molecule has 0 aliphatic rings. The molecule has 15 heavy (non-hydrogen) atoms. The molecule has 0 spiro atoms. The van der Waals surface area contributed by atoms with Gasteiger partial charge in [0.25, 0.3) is 0 Å². The smallest absolute Gasteiger partial charge is 0.336 e. The maximum absolute atomic E-state index is 10.9. The third-order valence-corrected chi connectivity index (χ3v) is 2.62. The lowest BCUT2D eigenvalue weighted by Crippen LogP contribution is -1.98. The van der Waals surface area contributed by atoms with Crippen molar-refractivity contribution in [3.05, 3.63) is 36.0 Å². The summed E-state index contributed by atoms with van der Waals surface area (Å²) in [5.41, 5.74) is 0.963. The molecule has 0 radical (unpaired) electrons. The SMILES string of the molecule is O=C(O)c1cccc2c1ccn2C(Cl)Cl. The zero-order valence-electron chi connectivity index (χ0n) is 7.52. The van der Waals surface area contributed by atoms with Crippen molar-refractivity contribution in [2.24, 2.45) is 0 Å². The second-order valence-corrected chi connectivity index (χ2v) is 4.09. The molecule has 0 bridgehead atoms. The molecule has 2 rings (SSSR count). The zero-order chi connectivity index (χ0) is 11.0. The number of aromatic carboxylic acids is 1. The first-order valence-corrected chi connectivity index (χ1v) is 5.09. The van der Waals surface area contributed by atoms with E-state index in [2.05, 4.69) is 0 Å². The van der Waals surface area contributed by atoms with Gasteiger partial charge in [-0.15, -0.1) is 0 Å². The summed E-state index contributed by atoms with van der Waals surface area (Å²) in [6.45, 7) is 0. The van der Waals surface area contributed by atoms with Crippen LogP contribution in [0.25, 0.3) is 10.9 Å². The number of alkyl halides is 2. The van der Waals surface area contributed by atoms with Gasteiger partial charge in [-0.2, -0.15) is 0 Å². The molecule has 0 aliphatic heterocycles. The molecule has 0 fully saturated rings. The summed E-state index contributed by atoms with van der Waals surface area (Å²) in [5, 5.41) is 9.59. The first-order valence-electron chi connectivity index (χ1n) is 4.22. The van der Waals surface area contributed by atoms with Crippen molar-refractivity contribution in [1.29, 1.82) is 0 Å². The van der Waals surface area contributed by atoms with Gasteiger partial charge in [-0.25, -0.2) is 4.79 Å². The number of nitrogens with zero attached hydrogens (tertiary/aromatic N) is 1. The highest BCUT2D eigenvalue weighted by molar-refractivity contribution is 6.42. The van der Waals surface area contributed by atoms with Gasteiger partial charge in [0.05, 0.1) is 11.1 Å². The number of hydrogen-bond acceptors (Lipinski definition) is 1. The van der Waals surface area contributed by atoms with Gasteiger partial charge in [-0.1, -0.05) is 29.3 Å². The molecular formula is C10H7Cl2NO2. The Hall–Kier alpha value is -1.19. The average molecular weight is 244 g/mol. The summed E-state index contributed by atoms with van der Waals surface area (Å²) in [7, 11) is 0. The molecule has 1 N–H and O–H groups in total. The van der Waals surface area contributed by atoms with E-state index in [1.54, 1.807) is 35.0 Å². The van der Waals surface area contributed by atoms with Gasteiger partial charge in [0, 0.05) is 11.6 Å². The number of aromatic nitrogens is 1. The average Bonchev–Trinajstić information content (AvgIpc) is 2.59. The molecule has 0 saturated heterocycles. The number of fused-ring (bicyclic) bond motifs is 1. The van der Waals surface area contributed by atoms with Crippen molar-refractivity contribution in [2.75, 3.05) is 0 Å². The zero-order valence-corrected chi connectivity index (χ0v) is 9.03. The van der Waals surface area contributed by atoms with E-state index in [-0.39, 0.29) is 5.56 Å². The number of rotatable bonds is 2. The third kappa shape index (κ3) is 1.68. The van der Waals surface area contributed by atoms with E-state index < -0.39 is 10.9 Å². The van der Waals surface area contributed by atoms with Crippen molar-refractivity contribution in [3.63, 3.8) is 0 Å². The predicted octanol–water partition coefficient (Wildman–Crippen LogP) is 3.27. The lowest BCUT2D eigenvalue weighted by molar-refractivity contribution is 0.0699. The first-order chi connectivity index (χ1) is 7.11. The highest BCUT2D eigenvalue weighted by atomic mass is 35.5. The number of carbonyl (C=O) groups is 1. The van der Waals surface area contributed by atoms with Crippen LogP contribution in [0, 0.1) is 0 Å². The molecule has 0 atom stereocenters. The second kappa shape index (κ2) is 3.76. The minimum atomic E-state index is -0.959. The lowest BCUT2D eigenvalue weighted by atomic mass is 10.1. The third-order valence-electron chi connectivity index (χ3n) is 2.20. The molecule has 3 nitrogen and oxygen atoms in total. The normalized spacial score (nSPS) is 11.1. The standard InChI is InChI=1S/C10H7Cl2NO2/c11-10(12)13-5-4-6-7(9(14)15)2-1-3-8(6)13/h1-5,10H,(H,14,15). The van der Waals surface area contributed by atoms with E-state index in [4.69, 9.17) is 28.3 Å². The monoisotopic (exact) mass is 243 g/mol. The Morgan fingerprint density at radius 3 is 2.67 bits per heavy atom. The van der Waals surface area contributed by atoms with E-state index in [0.29, 0.717) is 10.9 Å². The summed E-state index contributed by atoms with van der Waals surface area (Å²) >= 11 is 11.5. The molecule has 5 heteroatoms. The molecule has 0 saturated carbocycles. The van der Waals surface area contributed by atoms with Crippen LogP contribution in [0.1, 0.15) is 15.3 Å². The molecule has 0 amide bonds. The van der Waals surface area contributed by atoms with Gasteiger partial charge in [0.15, 0.2) is 4.96 Å². The Kier molecular flexibility index (Phi) is 2.59. The van der Waals surface area contributed by atoms with Crippen LogP contribution in [0.4, 0.5) is 0 Å². The van der Waals surface area contributed by atoms with Crippen LogP contribution in [-0.2, 0) is 0 Å². The Balaban J connectivity index is 2.74. The van der Waals surface area contributed by atoms with Crippen LogP contribution >= 0.6 is 23.2 Å². The quantitative estimate of drug-likeness (QED) is 0.823. The number of hydrogen-bond donors (Lipinski definition) is 1. The molecule has 1 heterocycles. The van der Waals surface area contributed by atoms with Gasteiger partial charge in [-0.05, 0) is 18.2 Å². The summed E-state index contributed by atoms with van der Waals surface area (Å²) < 4.78 is 1.60. The van der Waals surface area contributed by atoms with Crippen LogP contribution in [0.5, 0.6) is 0 Å². The van der Waals surface area contributed by atoms with Crippen molar-refractivity contribution in [1.82, 2.24) is 4.57 Å². The van der Waals surface area contributed by atoms with Crippen LogP contribution in [0.15, 0.2) is 30.5 Å². The van der Waals surface area contributed by atoms with Crippen molar-refractivity contribution in [2.45, 2.75) is 4.96 Å². The van der Waals surface area contributed by atoms with Crippen LogP contribution < -0.4 is 0 Å². The molecule has 0 unspecified atom stereocenters. The van der Waals surface area contributed by atoms with Crippen molar-refractivity contribution >= 4 is 40.1 Å². The van der Waals surface area contributed by atoms with Gasteiger partial charge in [0.1, 0.15) is 0 Å². The molecular weight excluding hydrogens is 237 g/mol. The van der Waals surface area contributed by atoms with E-state index in [1.807, 2.05) is 0 Å². The highest BCUT2D eigenvalue weighted by Crippen LogP contribution is 2.27. The summed E-state index contributed by atoms with van der Waals surface area (Å²) in [4.78, 5) is 10.2. The Bertz CT molecular complexity index is 519. The van der Waals surface area contributed by atoms with Crippen LogP contribution in [-0.4, -0.2) is 15.6 Å². The van der Waals surface area contributed by atoms with E-state index in [0.717, 1.165) is 0 Å². The lowest BCUT2D eigenvalue weighted by Gasteiger charge is -2.05. The minimum Gasteiger partial charge on any atom is -0.478 e. The fourth-order valence-corrected chi connectivity index (χ4v) is 1.89. The van der Waals surface area contributed by atoms with Gasteiger partial charge < -0.3 is 9.67 Å². The van der Waals surface area contributed by atoms with Crippen LogP contribution in [0.3, 0.4) is 0 Å². The van der Waals surface area contributed by atoms with E-state index in [1.165, 1.54) is 0 Å². The first kappa shape index (κ1) is 10.3. The predicted molar refractivity (Wildman–Crippen MR) is 59.6 cm³/mol. The second-order valence-electron chi connectivity index (χ2n) is 3.04. The Morgan fingerprint density at radius 1 is 1.33 bits per heavy atom. The van der Waals surface area contributed by atoms with Crippen LogP contribution in [0.2, 0.25) is 0 Å². The van der Waals surface area contributed by atoms with Crippen molar-refractivity contribution in [3.8, 4) is 0 Å². The molecule has 1 aromatic heterocycles. The van der Waals surface area contributed by atoms with Crippen molar-refractivity contribution < 1.29 is 9.90 Å². The van der Waals surface area contributed by atoms with E-state index >= 15 is 0 Å². The fraction of sp³-hybridized carbons (Fsp3) is 0.100. The molecule has 1 aromatic carbocycles. The summed E-state index contributed by atoms with van der Waals surface area (Å²) in [5.74, 6) is -0.959. The van der Waals surface area contributed by atoms with Gasteiger partial charge >= 0.3 is 5.97 Å². The molecule has 2 aromatic rings. The summed E-state index contributed by atoms with van der Waals surface area (Å²) in [6, 6.07) is 6.68. The Labute approximate surface area is 95.8 Å². The maximum atomic E-state index is 10.9. The number of benzene rings is 1.